The minimum absolute atomic E-state index is 0.0192. The Kier molecular flexibility index (Phi) is 5.65. The number of carbonyl (C=O) groups is 2. The maximum absolute atomic E-state index is 12.6. The summed E-state index contributed by atoms with van der Waals surface area (Å²) in [5, 5.41) is 10.5. The van der Waals surface area contributed by atoms with E-state index < -0.39 is 5.60 Å². The smallest absolute Gasteiger partial charge is 0.274 e. The van der Waals surface area contributed by atoms with Crippen LogP contribution in [0.15, 0.2) is 12.1 Å². The number of hydrogen-bond acceptors (Lipinski definition) is 5. The topological polar surface area (TPSA) is 84.4 Å². The lowest BCUT2D eigenvalue weighted by atomic mass is 9.87. The van der Waals surface area contributed by atoms with Crippen molar-refractivity contribution in [3.05, 3.63) is 23.5 Å². The van der Waals surface area contributed by atoms with Gasteiger partial charge in [0.1, 0.15) is 0 Å². The van der Waals surface area contributed by atoms with E-state index in [1.165, 1.54) is 0 Å². The summed E-state index contributed by atoms with van der Waals surface area (Å²) in [6, 6.07) is 3.47. The molecule has 2 rings (SSSR count). The van der Waals surface area contributed by atoms with Crippen molar-refractivity contribution in [3.8, 4) is 0 Å². The second kappa shape index (κ2) is 7.50. The molecule has 1 aromatic heterocycles. The number of likely N-dealkylation sites (tertiary alicyclic amines) is 1. The molecule has 1 aliphatic heterocycles. The van der Waals surface area contributed by atoms with Crippen molar-refractivity contribution in [1.82, 2.24) is 20.4 Å². The number of aromatic nitrogens is 2. The molecule has 23 heavy (non-hydrogen) atoms. The van der Waals surface area contributed by atoms with Gasteiger partial charge in [-0.1, -0.05) is 0 Å². The van der Waals surface area contributed by atoms with Gasteiger partial charge in [0.15, 0.2) is 5.69 Å². The first-order valence-corrected chi connectivity index (χ1v) is 7.85. The largest absolute Gasteiger partial charge is 0.376 e. The molecule has 7 nitrogen and oxygen atoms in total. The highest BCUT2D eigenvalue weighted by Crippen LogP contribution is 2.29. The first-order chi connectivity index (χ1) is 11.0. The van der Waals surface area contributed by atoms with Gasteiger partial charge in [-0.15, -0.1) is 5.10 Å². The van der Waals surface area contributed by atoms with Gasteiger partial charge in [-0.05, 0) is 38.3 Å². The van der Waals surface area contributed by atoms with E-state index in [1.807, 2.05) is 6.92 Å². The molecular formula is C16H24N4O3. The molecule has 0 spiro atoms. The van der Waals surface area contributed by atoms with E-state index in [0.717, 1.165) is 18.5 Å². The molecule has 1 atom stereocenters. The summed E-state index contributed by atoms with van der Waals surface area (Å²) in [6.45, 7) is 2.96. The molecule has 1 unspecified atom stereocenters. The quantitative estimate of drug-likeness (QED) is 0.872. The number of rotatable bonds is 5. The second-order valence-corrected chi connectivity index (χ2v) is 5.95. The van der Waals surface area contributed by atoms with E-state index in [4.69, 9.17) is 4.74 Å². The van der Waals surface area contributed by atoms with Crippen LogP contribution in [-0.4, -0.2) is 59.8 Å². The zero-order valence-corrected chi connectivity index (χ0v) is 14.0. The maximum atomic E-state index is 12.6. The van der Waals surface area contributed by atoms with Crippen molar-refractivity contribution < 1.29 is 14.3 Å². The number of carbonyl (C=O) groups excluding carboxylic acids is 2. The van der Waals surface area contributed by atoms with Gasteiger partial charge in [0.05, 0.1) is 17.8 Å². The highest BCUT2D eigenvalue weighted by molar-refractivity contribution is 5.92. The molecule has 2 heterocycles. The summed E-state index contributed by atoms with van der Waals surface area (Å²) in [4.78, 5) is 25.9. The van der Waals surface area contributed by atoms with Crippen molar-refractivity contribution in [2.45, 2.75) is 38.2 Å². The van der Waals surface area contributed by atoms with Gasteiger partial charge in [0, 0.05) is 27.1 Å². The molecule has 7 heteroatoms. The molecule has 0 aromatic carbocycles. The predicted molar refractivity (Wildman–Crippen MR) is 84.9 cm³/mol. The molecule has 1 saturated heterocycles. The minimum atomic E-state index is -0.474. The molecule has 0 saturated carbocycles. The molecule has 1 aliphatic rings. The van der Waals surface area contributed by atoms with Crippen molar-refractivity contribution in [2.75, 3.05) is 27.2 Å². The number of nitrogens with one attached hydrogen (secondary N) is 1. The summed E-state index contributed by atoms with van der Waals surface area (Å²) in [6.07, 6.45) is 2.65. The maximum Gasteiger partial charge on any atom is 0.274 e. The SMILES string of the molecule is CNC(=O)CCC1(OC)CCCN(C(=O)c2ccc(C)nn2)C1. The van der Waals surface area contributed by atoms with Crippen molar-refractivity contribution in [2.24, 2.45) is 0 Å². The van der Waals surface area contributed by atoms with Crippen LogP contribution in [-0.2, 0) is 9.53 Å². The Morgan fingerprint density at radius 3 is 2.78 bits per heavy atom. The van der Waals surface area contributed by atoms with Gasteiger partial charge in [-0.2, -0.15) is 5.10 Å². The molecular weight excluding hydrogens is 296 g/mol. The molecule has 0 radical (unpaired) electrons. The van der Waals surface area contributed by atoms with Gasteiger partial charge in [0.2, 0.25) is 5.91 Å². The third kappa shape index (κ3) is 4.25. The second-order valence-electron chi connectivity index (χ2n) is 5.95. The summed E-state index contributed by atoms with van der Waals surface area (Å²) >= 11 is 0. The van der Waals surface area contributed by atoms with Crippen LogP contribution in [0, 0.1) is 6.92 Å². The van der Waals surface area contributed by atoms with Gasteiger partial charge in [-0.25, -0.2) is 0 Å². The third-order valence-corrected chi connectivity index (χ3v) is 4.36. The van der Waals surface area contributed by atoms with Gasteiger partial charge >= 0.3 is 0 Å². The van der Waals surface area contributed by atoms with E-state index >= 15 is 0 Å². The molecule has 1 fully saturated rings. The molecule has 1 aromatic rings. The average molecular weight is 320 g/mol. The van der Waals surface area contributed by atoms with E-state index in [0.29, 0.717) is 31.6 Å². The molecule has 0 aliphatic carbocycles. The number of hydrogen-bond donors (Lipinski definition) is 1. The summed E-state index contributed by atoms with van der Waals surface area (Å²) in [5.41, 5.74) is 0.643. The molecule has 1 N–H and O–H groups in total. The van der Waals surface area contributed by atoms with Crippen LogP contribution in [0.5, 0.6) is 0 Å². The monoisotopic (exact) mass is 320 g/mol. The van der Waals surface area contributed by atoms with E-state index in [-0.39, 0.29) is 11.8 Å². The Hall–Kier alpha value is -2.02. The lowest BCUT2D eigenvalue weighted by Gasteiger charge is -2.41. The van der Waals surface area contributed by atoms with Crippen molar-refractivity contribution in [3.63, 3.8) is 0 Å². The van der Waals surface area contributed by atoms with Crippen LogP contribution < -0.4 is 5.32 Å². The highest BCUT2D eigenvalue weighted by Gasteiger charge is 2.38. The van der Waals surface area contributed by atoms with E-state index in [1.54, 1.807) is 31.2 Å². The first kappa shape index (κ1) is 17.3. The number of amides is 2. The Bertz CT molecular complexity index is 561. The zero-order valence-electron chi connectivity index (χ0n) is 14.0. The third-order valence-electron chi connectivity index (χ3n) is 4.36. The molecule has 126 valence electrons. The van der Waals surface area contributed by atoms with Gasteiger partial charge in [0.25, 0.3) is 5.91 Å². The summed E-state index contributed by atoms with van der Waals surface area (Å²) in [7, 11) is 3.26. The molecule has 0 bridgehead atoms. The Balaban J connectivity index is 2.07. The Morgan fingerprint density at radius 2 is 2.17 bits per heavy atom. The highest BCUT2D eigenvalue weighted by atomic mass is 16.5. The Morgan fingerprint density at radius 1 is 1.39 bits per heavy atom. The van der Waals surface area contributed by atoms with Crippen molar-refractivity contribution in [1.29, 1.82) is 0 Å². The number of ether oxygens (including phenoxy) is 1. The standard InChI is InChI=1S/C16H24N4O3/c1-12-5-6-13(19-18-12)15(22)20-10-4-8-16(11-20,23-3)9-7-14(21)17-2/h5-6H,4,7-11H2,1-3H3,(H,17,21). The van der Waals surface area contributed by atoms with Gasteiger partial charge < -0.3 is 15.0 Å². The van der Waals surface area contributed by atoms with E-state index in [9.17, 15) is 9.59 Å². The fraction of sp³-hybridized carbons (Fsp3) is 0.625. The fourth-order valence-electron chi connectivity index (χ4n) is 2.89. The van der Waals surface area contributed by atoms with Crippen LogP contribution in [0.2, 0.25) is 0 Å². The number of nitrogens with zero attached hydrogens (tertiary/aromatic N) is 3. The lowest BCUT2D eigenvalue weighted by Crippen LogP contribution is -2.52. The number of methoxy groups -OCH3 is 1. The lowest BCUT2D eigenvalue weighted by molar-refractivity contribution is -0.123. The number of aryl methyl sites for hydroxylation is 1. The van der Waals surface area contributed by atoms with Crippen LogP contribution in [0.1, 0.15) is 41.9 Å². The Labute approximate surface area is 136 Å². The predicted octanol–water partition coefficient (Wildman–Crippen LogP) is 0.932. The zero-order chi connectivity index (χ0) is 16.9. The fourth-order valence-corrected chi connectivity index (χ4v) is 2.89. The minimum Gasteiger partial charge on any atom is -0.376 e. The van der Waals surface area contributed by atoms with Crippen LogP contribution in [0.4, 0.5) is 0 Å². The average Bonchev–Trinajstić information content (AvgIpc) is 2.60. The van der Waals surface area contributed by atoms with Crippen LogP contribution in [0.25, 0.3) is 0 Å². The summed E-state index contributed by atoms with van der Waals surface area (Å²) in [5.74, 6) is -0.159. The molecule has 2 amide bonds. The van der Waals surface area contributed by atoms with Gasteiger partial charge in [-0.3, -0.25) is 9.59 Å². The van der Waals surface area contributed by atoms with Crippen molar-refractivity contribution >= 4 is 11.8 Å². The van der Waals surface area contributed by atoms with Crippen LogP contribution >= 0.6 is 0 Å². The summed E-state index contributed by atoms with van der Waals surface area (Å²) < 4.78 is 5.70. The van der Waals surface area contributed by atoms with Crippen LogP contribution in [0.3, 0.4) is 0 Å². The van der Waals surface area contributed by atoms with E-state index in [2.05, 4.69) is 15.5 Å². The number of piperidine rings is 1. The first-order valence-electron chi connectivity index (χ1n) is 7.85. The normalized spacial score (nSPS) is 21.1.